The number of aromatic nitrogens is 1. The second kappa shape index (κ2) is 9.04. The summed E-state index contributed by atoms with van der Waals surface area (Å²) in [7, 11) is -0.305. The Morgan fingerprint density at radius 1 is 1.03 bits per heavy atom. The lowest BCUT2D eigenvalue weighted by Gasteiger charge is -2.11. The van der Waals surface area contributed by atoms with E-state index in [1.54, 1.807) is 6.07 Å². The van der Waals surface area contributed by atoms with Crippen LogP contribution in [-0.2, 0) is 14.8 Å². The first-order chi connectivity index (χ1) is 14.7. The van der Waals surface area contributed by atoms with Crippen LogP contribution >= 0.6 is 23.2 Å². The molecule has 0 amide bonds. The number of nitrogens with one attached hydrogen (secondary N) is 1. The van der Waals surface area contributed by atoms with Crippen LogP contribution in [0.5, 0.6) is 11.5 Å². The molecular formula is C19H16Cl2N2O7S. The number of hydrogen-bond donors (Lipinski definition) is 1. The van der Waals surface area contributed by atoms with E-state index in [0.717, 1.165) is 7.11 Å². The van der Waals surface area contributed by atoms with Gasteiger partial charge in [-0.2, -0.15) is 0 Å². The quantitative estimate of drug-likeness (QED) is 0.492. The summed E-state index contributed by atoms with van der Waals surface area (Å²) in [5.41, 5.74) is -0.180. The minimum Gasteiger partial charge on any atom is -0.493 e. The van der Waals surface area contributed by atoms with E-state index in [4.69, 9.17) is 41.9 Å². The Morgan fingerprint density at radius 3 is 2.26 bits per heavy atom. The number of hydrogen-bond acceptors (Lipinski definition) is 8. The van der Waals surface area contributed by atoms with E-state index in [2.05, 4.69) is 9.88 Å². The molecule has 164 valence electrons. The molecule has 3 aromatic rings. The fourth-order valence-electron chi connectivity index (χ4n) is 2.71. The summed E-state index contributed by atoms with van der Waals surface area (Å²) < 4.78 is 48.2. The van der Waals surface area contributed by atoms with Gasteiger partial charge in [-0.15, -0.1) is 0 Å². The number of ether oxygens (including phenoxy) is 3. The summed E-state index contributed by atoms with van der Waals surface area (Å²) in [6.45, 7) is 0. The predicted molar refractivity (Wildman–Crippen MR) is 114 cm³/mol. The van der Waals surface area contributed by atoms with E-state index >= 15 is 0 Å². The second-order valence-corrected chi connectivity index (χ2v) is 8.44. The fourth-order valence-corrected chi connectivity index (χ4v) is 4.30. The van der Waals surface area contributed by atoms with Gasteiger partial charge in [-0.3, -0.25) is 0 Å². The molecule has 0 atom stereocenters. The van der Waals surface area contributed by atoms with Crippen LogP contribution in [0.1, 0.15) is 10.4 Å². The maximum absolute atomic E-state index is 12.9. The molecule has 0 spiro atoms. The van der Waals surface area contributed by atoms with Crippen molar-refractivity contribution in [1.82, 2.24) is 5.16 Å². The molecule has 1 N–H and O–H groups in total. The first-order valence-electron chi connectivity index (χ1n) is 8.50. The van der Waals surface area contributed by atoms with Crippen molar-refractivity contribution in [3.8, 4) is 22.8 Å². The van der Waals surface area contributed by atoms with E-state index < -0.39 is 21.9 Å². The van der Waals surface area contributed by atoms with E-state index in [0.29, 0.717) is 5.75 Å². The van der Waals surface area contributed by atoms with Gasteiger partial charge in [0.2, 0.25) is 0 Å². The summed E-state index contributed by atoms with van der Waals surface area (Å²) in [5, 5.41) is 4.16. The third-order valence-electron chi connectivity index (χ3n) is 4.17. The molecule has 3 rings (SSSR count). The highest BCUT2D eigenvalue weighted by Crippen LogP contribution is 2.39. The minimum atomic E-state index is -4.22. The third-order valence-corrected chi connectivity index (χ3v) is 6.13. The molecule has 2 aromatic carbocycles. The van der Waals surface area contributed by atoms with Crippen molar-refractivity contribution in [2.24, 2.45) is 0 Å². The number of anilines is 1. The average Bonchev–Trinajstić information content (AvgIpc) is 3.14. The number of esters is 1. The number of halogens is 2. The van der Waals surface area contributed by atoms with Crippen LogP contribution in [0.2, 0.25) is 10.0 Å². The summed E-state index contributed by atoms with van der Waals surface area (Å²) in [5.74, 6) is -0.837. The number of nitrogens with zero attached hydrogens (tertiary/aromatic N) is 1. The van der Waals surface area contributed by atoms with Crippen molar-refractivity contribution in [2.75, 3.05) is 26.1 Å². The highest BCUT2D eigenvalue weighted by Gasteiger charge is 2.30. The summed E-state index contributed by atoms with van der Waals surface area (Å²) >= 11 is 12.4. The van der Waals surface area contributed by atoms with Gasteiger partial charge in [0.1, 0.15) is 5.69 Å². The number of methoxy groups -OCH3 is 3. The highest BCUT2D eigenvalue weighted by molar-refractivity contribution is 7.92. The Hall–Kier alpha value is -2.95. The molecule has 0 fully saturated rings. The Bertz CT molecular complexity index is 1220. The monoisotopic (exact) mass is 486 g/mol. The number of carbonyl (C=O) groups excluding carboxylic acids is 1. The predicted octanol–water partition coefficient (Wildman–Crippen LogP) is 4.25. The molecular weight excluding hydrogens is 471 g/mol. The number of sulfonamides is 1. The Morgan fingerprint density at radius 2 is 1.68 bits per heavy atom. The molecule has 0 bridgehead atoms. The molecule has 1 aromatic heterocycles. The lowest BCUT2D eigenvalue weighted by molar-refractivity contribution is 0.0602. The van der Waals surface area contributed by atoms with Crippen LogP contribution < -0.4 is 14.2 Å². The number of benzene rings is 2. The molecule has 1 heterocycles. The van der Waals surface area contributed by atoms with Crippen molar-refractivity contribution in [3.63, 3.8) is 0 Å². The van der Waals surface area contributed by atoms with Crippen LogP contribution in [0.3, 0.4) is 0 Å². The third kappa shape index (κ3) is 4.41. The van der Waals surface area contributed by atoms with Gasteiger partial charge in [0.05, 0.1) is 36.3 Å². The molecule has 0 saturated heterocycles. The first-order valence-corrected chi connectivity index (χ1v) is 10.7. The van der Waals surface area contributed by atoms with E-state index in [9.17, 15) is 13.2 Å². The topological polar surface area (TPSA) is 117 Å². The van der Waals surface area contributed by atoms with Crippen molar-refractivity contribution < 1.29 is 31.9 Å². The van der Waals surface area contributed by atoms with Crippen molar-refractivity contribution >= 4 is 45.1 Å². The molecule has 31 heavy (non-hydrogen) atoms. The summed E-state index contributed by atoms with van der Waals surface area (Å²) in [4.78, 5) is 12.3. The van der Waals surface area contributed by atoms with Crippen molar-refractivity contribution in [2.45, 2.75) is 4.90 Å². The Labute approximate surface area is 187 Å². The van der Waals surface area contributed by atoms with Gasteiger partial charge >= 0.3 is 5.97 Å². The van der Waals surface area contributed by atoms with Gasteiger partial charge in [0.25, 0.3) is 15.9 Å². The van der Waals surface area contributed by atoms with Crippen LogP contribution in [0.15, 0.2) is 45.8 Å². The second-order valence-electron chi connectivity index (χ2n) is 5.95. The van der Waals surface area contributed by atoms with Crippen LogP contribution in [0.4, 0.5) is 5.88 Å². The zero-order valence-corrected chi connectivity index (χ0v) is 18.8. The van der Waals surface area contributed by atoms with Crippen molar-refractivity contribution in [1.29, 1.82) is 0 Å². The van der Waals surface area contributed by atoms with Gasteiger partial charge in [-0.05, 0) is 24.3 Å². The molecule has 0 aliphatic rings. The molecule has 9 nitrogen and oxygen atoms in total. The van der Waals surface area contributed by atoms with Crippen LogP contribution in [0, 0.1) is 0 Å². The van der Waals surface area contributed by atoms with E-state index in [1.807, 2.05) is 0 Å². The number of rotatable bonds is 7. The lowest BCUT2D eigenvalue weighted by atomic mass is 10.1. The molecule has 0 aliphatic carbocycles. The first kappa shape index (κ1) is 22.7. The number of carbonyl (C=O) groups is 1. The van der Waals surface area contributed by atoms with E-state index in [-0.39, 0.29) is 37.5 Å². The molecule has 12 heteroatoms. The van der Waals surface area contributed by atoms with Gasteiger partial charge < -0.3 is 18.7 Å². The molecule has 0 unspecified atom stereocenters. The summed E-state index contributed by atoms with van der Waals surface area (Å²) in [6.07, 6.45) is 0. The maximum Gasteiger partial charge on any atom is 0.345 e. The highest BCUT2D eigenvalue weighted by atomic mass is 35.5. The van der Waals surface area contributed by atoms with Crippen molar-refractivity contribution in [3.05, 3.63) is 52.0 Å². The zero-order chi connectivity index (χ0) is 22.8. The largest absolute Gasteiger partial charge is 0.493 e. The standard InChI is InChI=1S/C19H16Cl2N2O7S/c1-27-13-8-7-10(9-14(13)28-2)31(25,26)23-18-16(19(24)29-3)17(22-30-18)15-11(20)5-4-6-12(15)21/h4-9,23H,1-3H3. The molecule has 0 radical (unpaired) electrons. The van der Waals surface area contributed by atoms with Crippen LogP contribution in [-0.4, -0.2) is 40.9 Å². The average molecular weight is 487 g/mol. The fraction of sp³-hybridized carbons (Fsp3) is 0.158. The molecule has 0 aliphatic heterocycles. The van der Waals surface area contributed by atoms with Crippen LogP contribution in [0.25, 0.3) is 11.3 Å². The van der Waals surface area contributed by atoms with Gasteiger partial charge in [0, 0.05) is 11.6 Å². The van der Waals surface area contributed by atoms with Gasteiger partial charge in [-0.1, -0.05) is 34.4 Å². The van der Waals surface area contributed by atoms with Gasteiger partial charge in [-0.25, -0.2) is 17.9 Å². The zero-order valence-electron chi connectivity index (χ0n) is 16.4. The SMILES string of the molecule is COC(=O)c1c(-c2c(Cl)cccc2Cl)noc1NS(=O)(=O)c1ccc(OC)c(OC)c1. The normalized spacial score (nSPS) is 11.1. The Kier molecular flexibility index (Phi) is 6.63. The Balaban J connectivity index is 2.10. The maximum atomic E-state index is 12.9. The summed E-state index contributed by atoms with van der Waals surface area (Å²) in [6, 6.07) is 8.64. The molecule has 0 saturated carbocycles. The minimum absolute atomic E-state index is 0.0764. The lowest BCUT2D eigenvalue weighted by Crippen LogP contribution is -2.15. The van der Waals surface area contributed by atoms with E-state index in [1.165, 1.54) is 44.6 Å². The van der Waals surface area contributed by atoms with Gasteiger partial charge in [0.15, 0.2) is 17.1 Å². The smallest absolute Gasteiger partial charge is 0.345 e.